The van der Waals surface area contributed by atoms with Gasteiger partial charge in [0.1, 0.15) is 15.7 Å². The van der Waals surface area contributed by atoms with Crippen LogP contribution in [-0.2, 0) is 21.1 Å². The van der Waals surface area contributed by atoms with Gasteiger partial charge in [0.2, 0.25) is 5.91 Å². The van der Waals surface area contributed by atoms with E-state index in [4.69, 9.17) is 5.73 Å². The molecule has 1 fully saturated rings. The fourth-order valence-corrected chi connectivity index (χ4v) is 3.19. The van der Waals surface area contributed by atoms with Crippen molar-refractivity contribution < 1.29 is 17.6 Å². The maximum atomic E-state index is 12.9. The molecule has 0 aromatic heterocycles. The number of amides is 1. The minimum atomic E-state index is -3.12. The Labute approximate surface area is 148 Å². The van der Waals surface area contributed by atoms with E-state index in [2.05, 4.69) is 5.32 Å². The number of nitrogens with one attached hydrogen (secondary N) is 1. The van der Waals surface area contributed by atoms with Crippen molar-refractivity contribution in [3.05, 3.63) is 35.6 Å². The minimum absolute atomic E-state index is 0. The van der Waals surface area contributed by atoms with E-state index in [1.807, 2.05) is 0 Å². The Morgan fingerprint density at radius 3 is 2.42 bits per heavy atom. The highest BCUT2D eigenvalue weighted by Crippen LogP contribution is 2.47. The van der Waals surface area contributed by atoms with Gasteiger partial charge in [0.15, 0.2) is 0 Å². The summed E-state index contributed by atoms with van der Waals surface area (Å²) in [7, 11) is -3.12. The predicted molar refractivity (Wildman–Crippen MR) is 94.3 cm³/mol. The molecule has 1 atom stereocenters. The second kappa shape index (κ2) is 8.27. The zero-order valence-electron chi connectivity index (χ0n) is 13.6. The molecule has 5 nitrogen and oxygen atoms in total. The number of benzene rings is 1. The van der Waals surface area contributed by atoms with E-state index in [1.54, 1.807) is 12.1 Å². The van der Waals surface area contributed by atoms with Crippen LogP contribution < -0.4 is 11.1 Å². The van der Waals surface area contributed by atoms with Crippen LogP contribution in [0.3, 0.4) is 0 Å². The number of nitrogens with two attached hydrogens (primary N) is 1. The van der Waals surface area contributed by atoms with Gasteiger partial charge in [-0.3, -0.25) is 4.79 Å². The maximum absolute atomic E-state index is 12.9. The predicted octanol–water partition coefficient (Wildman–Crippen LogP) is 1.45. The van der Waals surface area contributed by atoms with Crippen molar-refractivity contribution in [2.75, 3.05) is 18.6 Å². The fraction of sp³-hybridized carbons (Fsp3) is 0.562. The highest BCUT2D eigenvalue weighted by molar-refractivity contribution is 7.90. The standard InChI is InChI=1S/C16H23FN2O3S.ClH/c1-23(21,22)9-6-14(18)15(20)19-11-16(7-8-16)10-12-2-4-13(17)5-3-12;/h2-5,14H,6-11,18H2,1H3,(H,19,20);1H. The lowest BCUT2D eigenvalue weighted by molar-refractivity contribution is -0.122. The van der Waals surface area contributed by atoms with Gasteiger partial charge in [-0.2, -0.15) is 0 Å². The van der Waals surface area contributed by atoms with Gasteiger partial charge in [0, 0.05) is 12.8 Å². The summed E-state index contributed by atoms with van der Waals surface area (Å²) < 4.78 is 35.1. The van der Waals surface area contributed by atoms with Crippen molar-refractivity contribution in [1.82, 2.24) is 5.32 Å². The largest absolute Gasteiger partial charge is 0.354 e. The molecule has 2 rings (SSSR count). The van der Waals surface area contributed by atoms with Crippen LogP contribution in [0, 0.1) is 11.2 Å². The summed E-state index contributed by atoms with van der Waals surface area (Å²) in [4.78, 5) is 12.0. The molecule has 24 heavy (non-hydrogen) atoms. The zero-order valence-corrected chi connectivity index (χ0v) is 15.3. The van der Waals surface area contributed by atoms with Gasteiger partial charge >= 0.3 is 0 Å². The number of sulfone groups is 1. The highest BCUT2D eigenvalue weighted by Gasteiger charge is 2.42. The molecule has 1 unspecified atom stereocenters. The van der Waals surface area contributed by atoms with E-state index in [0.717, 1.165) is 31.1 Å². The third-order valence-corrected chi connectivity index (χ3v) is 5.20. The molecule has 1 amide bonds. The van der Waals surface area contributed by atoms with Crippen LogP contribution in [0.15, 0.2) is 24.3 Å². The van der Waals surface area contributed by atoms with Gasteiger partial charge in [-0.05, 0) is 48.8 Å². The van der Waals surface area contributed by atoms with E-state index in [9.17, 15) is 17.6 Å². The molecule has 0 spiro atoms. The Kier molecular flexibility index (Phi) is 7.19. The lowest BCUT2D eigenvalue weighted by Gasteiger charge is -2.18. The Bertz CT molecular complexity index is 660. The number of hydrogen-bond donors (Lipinski definition) is 2. The van der Waals surface area contributed by atoms with Crippen molar-refractivity contribution in [1.29, 1.82) is 0 Å². The average Bonchev–Trinajstić information content (AvgIpc) is 3.24. The molecule has 0 heterocycles. The van der Waals surface area contributed by atoms with Crippen LogP contribution in [0.25, 0.3) is 0 Å². The van der Waals surface area contributed by atoms with Crippen LogP contribution in [-0.4, -0.2) is 38.9 Å². The Morgan fingerprint density at radius 2 is 1.92 bits per heavy atom. The van der Waals surface area contributed by atoms with E-state index < -0.39 is 15.9 Å². The Balaban J connectivity index is 0.00000288. The van der Waals surface area contributed by atoms with Crippen LogP contribution >= 0.6 is 12.4 Å². The second-order valence-corrected chi connectivity index (χ2v) is 8.81. The molecule has 0 aliphatic heterocycles. The van der Waals surface area contributed by atoms with Crippen molar-refractivity contribution in [3.63, 3.8) is 0 Å². The molecule has 1 saturated carbocycles. The van der Waals surface area contributed by atoms with E-state index in [-0.39, 0.29) is 41.7 Å². The van der Waals surface area contributed by atoms with Gasteiger partial charge in [0.25, 0.3) is 0 Å². The quantitative estimate of drug-likeness (QED) is 0.716. The van der Waals surface area contributed by atoms with Crippen molar-refractivity contribution in [2.45, 2.75) is 31.7 Å². The molecular weight excluding hydrogens is 355 g/mol. The molecule has 0 saturated heterocycles. The van der Waals surface area contributed by atoms with Gasteiger partial charge in [-0.25, -0.2) is 12.8 Å². The summed E-state index contributed by atoms with van der Waals surface area (Å²) in [5.41, 5.74) is 6.78. The van der Waals surface area contributed by atoms with Crippen LogP contribution in [0.4, 0.5) is 4.39 Å². The molecule has 0 radical (unpaired) electrons. The molecular formula is C16H24ClFN2O3S. The summed E-state index contributed by atoms with van der Waals surface area (Å²) in [5, 5.41) is 2.82. The summed E-state index contributed by atoms with van der Waals surface area (Å²) >= 11 is 0. The zero-order chi connectivity index (χ0) is 17.1. The molecule has 0 bridgehead atoms. The Hall–Kier alpha value is -1.18. The SMILES string of the molecule is CS(=O)(=O)CCC(N)C(=O)NCC1(Cc2ccc(F)cc2)CC1.Cl. The molecule has 3 N–H and O–H groups in total. The van der Waals surface area contributed by atoms with Gasteiger partial charge in [-0.15, -0.1) is 12.4 Å². The lowest BCUT2D eigenvalue weighted by atomic mass is 9.96. The van der Waals surface area contributed by atoms with Gasteiger partial charge < -0.3 is 11.1 Å². The first-order valence-corrected chi connectivity index (χ1v) is 9.71. The lowest BCUT2D eigenvalue weighted by Crippen LogP contribution is -2.43. The minimum Gasteiger partial charge on any atom is -0.354 e. The van der Waals surface area contributed by atoms with Gasteiger partial charge in [-0.1, -0.05) is 12.1 Å². The fourth-order valence-electron chi connectivity index (χ4n) is 2.51. The average molecular weight is 379 g/mol. The number of hydrogen-bond acceptors (Lipinski definition) is 4. The van der Waals surface area contributed by atoms with Crippen LogP contribution in [0.5, 0.6) is 0 Å². The van der Waals surface area contributed by atoms with Crippen molar-refractivity contribution in [2.24, 2.45) is 11.1 Å². The second-order valence-electron chi connectivity index (χ2n) is 6.55. The molecule has 8 heteroatoms. The first-order valence-electron chi connectivity index (χ1n) is 7.65. The molecule has 1 aromatic rings. The summed E-state index contributed by atoms with van der Waals surface area (Å²) in [6.07, 6.45) is 4.04. The first-order chi connectivity index (χ1) is 10.7. The maximum Gasteiger partial charge on any atom is 0.236 e. The number of carbonyl (C=O) groups is 1. The van der Waals surface area contributed by atoms with E-state index in [0.29, 0.717) is 6.54 Å². The van der Waals surface area contributed by atoms with Crippen LogP contribution in [0.2, 0.25) is 0 Å². The normalized spacial score (nSPS) is 16.8. The van der Waals surface area contributed by atoms with E-state index >= 15 is 0 Å². The third-order valence-electron chi connectivity index (χ3n) is 4.22. The van der Waals surface area contributed by atoms with E-state index in [1.165, 1.54) is 12.1 Å². The summed E-state index contributed by atoms with van der Waals surface area (Å²) in [6, 6.07) is 5.58. The number of carbonyl (C=O) groups excluding carboxylic acids is 1. The third kappa shape index (κ3) is 6.75. The highest BCUT2D eigenvalue weighted by atomic mass is 35.5. The number of rotatable bonds is 8. The van der Waals surface area contributed by atoms with Crippen molar-refractivity contribution >= 4 is 28.2 Å². The molecule has 1 aliphatic carbocycles. The van der Waals surface area contributed by atoms with Crippen molar-refractivity contribution in [3.8, 4) is 0 Å². The smallest absolute Gasteiger partial charge is 0.236 e. The first kappa shape index (κ1) is 20.9. The van der Waals surface area contributed by atoms with Gasteiger partial charge in [0.05, 0.1) is 11.8 Å². The monoisotopic (exact) mass is 378 g/mol. The van der Waals surface area contributed by atoms with Crippen LogP contribution in [0.1, 0.15) is 24.8 Å². The topological polar surface area (TPSA) is 89.3 Å². The number of halogens is 2. The summed E-state index contributed by atoms with van der Waals surface area (Å²) in [5.74, 6) is -0.676. The molecule has 136 valence electrons. The molecule has 1 aromatic carbocycles. The Morgan fingerprint density at radius 1 is 1.33 bits per heavy atom. The molecule has 1 aliphatic rings. The summed E-state index contributed by atoms with van der Waals surface area (Å²) in [6.45, 7) is 0.510.